The van der Waals surface area contributed by atoms with E-state index in [-0.39, 0.29) is 23.9 Å². The van der Waals surface area contributed by atoms with Crippen LogP contribution in [0.1, 0.15) is 60.9 Å². The number of fused-ring (bicyclic) bond motifs is 1. The largest absolute Gasteiger partial charge is 0.492 e. The van der Waals surface area contributed by atoms with Crippen LogP contribution in [0.5, 0.6) is 5.75 Å². The molecule has 2 aromatic rings. The van der Waals surface area contributed by atoms with Gasteiger partial charge in [0.25, 0.3) is 5.91 Å². The normalized spacial score (nSPS) is 24.7. The molecule has 35 heavy (non-hydrogen) atoms. The van der Waals surface area contributed by atoms with Crippen molar-refractivity contribution < 1.29 is 14.3 Å². The van der Waals surface area contributed by atoms with Crippen LogP contribution in [0.4, 0.5) is 0 Å². The van der Waals surface area contributed by atoms with E-state index < -0.39 is 0 Å². The monoisotopic (exact) mass is 475 g/mol. The van der Waals surface area contributed by atoms with Crippen molar-refractivity contribution in [1.82, 2.24) is 15.1 Å². The van der Waals surface area contributed by atoms with Gasteiger partial charge in [-0.05, 0) is 68.5 Å². The van der Waals surface area contributed by atoms with E-state index in [1.807, 2.05) is 35.2 Å². The predicted octanol–water partition coefficient (Wildman–Crippen LogP) is 4.05. The van der Waals surface area contributed by atoms with Crippen molar-refractivity contribution in [2.75, 3.05) is 26.2 Å². The molecular weight excluding hydrogens is 438 g/mol. The molecule has 3 fully saturated rings. The van der Waals surface area contributed by atoms with Crippen LogP contribution in [-0.4, -0.2) is 66.0 Å². The van der Waals surface area contributed by atoms with Crippen molar-refractivity contribution in [1.29, 1.82) is 0 Å². The first-order valence-corrected chi connectivity index (χ1v) is 13.3. The number of carbonyl (C=O) groups is 2. The maximum Gasteiger partial charge on any atom is 0.254 e. The summed E-state index contributed by atoms with van der Waals surface area (Å²) in [6.45, 7) is 2.95. The van der Waals surface area contributed by atoms with E-state index in [9.17, 15) is 9.59 Å². The fraction of sp³-hybridized carbons (Fsp3) is 0.517. The van der Waals surface area contributed by atoms with Crippen LogP contribution in [0.3, 0.4) is 0 Å². The van der Waals surface area contributed by atoms with Crippen LogP contribution in [0.15, 0.2) is 54.6 Å². The average Bonchev–Trinajstić information content (AvgIpc) is 3.42. The number of nitrogens with one attached hydrogen (secondary N) is 1. The van der Waals surface area contributed by atoms with Crippen LogP contribution >= 0.6 is 0 Å². The molecule has 0 radical (unpaired) electrons. The molecule has 0 bridgehead atoms. The Labute approximate surface area is 208 Å². The van der Waals surface area contributed by atoms with Crippen molar-refractivity contribution in [2.24, 2.45) is 0 Å². The first-order valence-electron chi connectivity index (χ1n) is 13.3. The summed E-state index contributed by atoms with van der Waals surface area (Å²) in [5.74, 6) is 1.07. The van der Waals surface area contributed by atoms with Crippen molar-refractivity contribution in [2.45, 2.75) is 69.5 Å². The van der Waals surface area contributed by atoms with Crippen LogP contribution < -0.4 is 10.1 Å². The summed E-state index contributed by atoms with van der Waals surface area (Å²) in [6.07, 6.45) is 8.15. The minimum Gasteiger partial charge on any atom is -0.492 e. The molecule has 3 atom stereocenters. The Morgan fingerprint density at radius 2 is 1.83 bits per heavy atom. The molecule has 6 heteroatoms. The van der Waals surface area contributed by atoms with Gasteiger partial charge in [-0.15, -0.1) is 0 Å². The van der Waals surface area contributed by atoms with Crippen LogP contribution in [0.2, 0.25) is 0 Å². The second-order valence-corrected chi connectivity index (χ2v) is 10.1. The Morgan fingerprint density at radius 3 is 2.60 bits per heavy atom. The number of benzene rings is 2. The van der Waals surface area contributed by atoms with E-state index in [0.717, 1.165) is 44.5 Å². The van der Waals surface area contributed by atoms with Crippen LogP contribution in [0.25, 0.3) is 0 Å². The van der Waals surface area contributed by atoms with Gasteiger partial charge >= 0.3 is 0 Å². The lowest BCUT2D eigenvalue weighted by Crippen LogP contribution is -2.47. The van der Waals surface area contributed by atoms with Gasteiger partial charge < -0.3 is 19.9 Å². The standard InChI is InChI=1S/C29H37N3O3/c33-28-11-7-17-31(28)18-19-35-25-14-12-23(13-15-25)29(34)32-24(20-22-8-3-1-4-9-22)21-26-27(32)10-5-2-6-16-30-26/h1,3-4,8-9,12-15,24,26-27,30H,2,5-7,10-11,16-21H2/t24-,26+,27-/m0/s1. The van der Waals surface area contributed by atoms with Crippen molar-refractivity contribution in [3.05, 3.63) is 65.7 Å². The van der Waals surface area contributed by atoms with E-state index in [0.29, 0.717) is 31.2 Å². The highest BCUT2D eigenvalue weighted by Gasteiger charge is 2.43. The lowest BCUT2D eigenvalue weighted by Gasteiger charge is -2.33. The highest BCUT2D eigenvalue weighted by molar-refractivity contribution is 5.95. The van der Waals surface area contributed by atoms with Crippen molar-refractivity contribution >= 4 is 11.8 Å². The predicted molar refractivity (Wildman–Crippen MR) is 137 cm³/mol. The molecule has 1 N–H and O–H groups in total. The van der Waals surface area contributed by atoms with Gasteiger partial charge in [0.05, 0.1) is 6.54 Å². The van der Waals surface area contributed by atoms with Crippen molar-refractivity contribution in [3.63, 3.8) is 0 Å². The Balaban J connectivity index is 1.27. The fourth-order valence-electron chi connectivity index (χ4n) is 5.97. The highest BCUT2D eigenvalue weighted by Crippen LogP contribution is 2.33. The minimum atomic E-state index is 0.120. The van der Waals surface area contributed by atoms with E-state index >= 15 is 0 Å². The smallest absolute Gasteiger partial charge is 0.254 e. The van der Waals surface area contributed by atoms with Crippen molar-refractivity contribution in [3.8, 4) is 5.75 Å². The molecule has 0 spiro atoms. The topological polar surface area (TPSA) is 61.9 Å². The number of hydrogen-bond acceptors (Lipinski definition) is 4. The lowest BCUT2D eigenvalue weighted by molar-refractivity contribution is -0.128. The number of nitrogens with zero attached hydrogens (tertiary/aromatic N) is 2. The molecule has 0 aliphatic carbocycles. The summed E-state index contributed by atoms with van der Waals surface area (Å²) in [5.41, 5.74) is 2.00. The molecule has 3 heterocycles. The average molecular weight is 476 g/mol. The van der Waals surface area contributed by atoms with Gasteiger partial charge in [-0.25, -0.2) is 0 Å². The third-order valence-corrected chi connectivity index (χ3v) is 7.78. The summed E-state index contributed by atoms with van der Waals surface area (Å²) in [4.78, 5) is 29.7. The Hall–Kier alpha value is -2.86. The molecule has 2 aromatic carbocycles. The molecule has 186 valence electrons. The molecule has 3 saturated heterocycles. The number of carbonyl (C=O) groups excluding carboxylic acids is 2. The molecule has 6 nitrogen and oxygen atoms in total. The number of rotatable bonds is 7. The second kappa shape index (κ2) is 11.3. The van der Waals surface area contributed by atoms with E-state index in [1.54, 1.807) is 0 Å². The van der Waals surface area contributed by atoms with E-state index in [4.69, 9.17) is 4.74 Å². The summed E-state index contributed by atoms with van der Waals surface area (Å²) >= 11 is 0. The minimum absolute atomic E-state index is 0.120. The van der Waals surface area contributed by atoms with E-state index in [1.165, 1.54) is 24.8 Å². The third kappa shape index (κ3) is 5.69. The highest BCUT2D eigenvalue weighted by atomic mass is 16.5. The van der Waals surface area contributed by atoms with Gasteiger partial charge in [0.1, 0.15) is 12.4 Å². The Morgan fingerprint density at radius 1 is 1.00 bits per heavy atom. The van der Waals surface area contributed by atoms with Gasteiger partial charge in [0.2, 0.25) is 5.91 Å². The molecule has 0 unspecified atom stereocenters. The van der Waals surface area contributed by atoms with E-state index in [2.05, 4.69) is 34.5 Å². The second-order valence-electron chi connectivity index (χ2n) is 10.1. The van der Waals surface area contributed by atoms with Crippen LogP contribution in [-0.2, 0) is 11.2 Å². The zero-order valence-corrected chi connectivity index (χ0v) is 20.5. The number of ether oxygens (including phenoxy) is 1. The molecule has 5 rings (SSSR count). The number of hydrogen-bond donors (Lipinski definition) is 1. The molecule has 0 aromatic heterocycles. The Bertz CT molecular complexity index is 994. The summed E-state index contributed by atoms with van der Waals surface area (Å²) < 4.78 is 5.86. The maximum absolute atomic E-state index is 13.8. The van der Waals surface area contributed by atoms with Gasteiger partial charge in [0.15, 0.2) is 0 Å². The summed E-state index contributed by atoms with van der Waals surface area (Å²) in [7, 11) is 0. The van der Waals surface area contributed by atoms with Gasteiger partial charge in [-0.1, -0.05) is 43.2 Å². The lowest BCUT2D eigenvalue weighted by atomic mass is 9.98. The number of likely N-dealkylation sites (tertiary alicyclic amines) is 2. The summed E-state index contributed by atoms with van der Waals surface area (Å²) in [5, 5.41) is 3.75. The number of amides is 2. The zero-order valence-electron chi connectivity index (χ0n) is 20.5. The SMILES string of the molecule is O=C1CCCN1CCOc1ccc(C(=O)N2[C@@H](Cc3ccccc3)C[C@H]3NCCCCC[C@@H]32)cc1. The molecule has 3 aliphatic heterocycles. The molecule has 3 aliphatic rings. The first-order chi connectivity index (χ1) is 17.2. The molecule has 2 amide bonds. The molecular formula is C29H37N3O3. The zero-order chi connectivity index (χ0) is 24.0. The Kier molecular flexibility index (Phi) is 7.67. The summed E-state index contributed by atoms with van der Waals surface area (Å²) in [6, 6.07) is 18.9. The molecule has 0 saturated carbocycles. The van der Waals surface area contributed by atoms with Gasteiger partial charge in [-0.3, -0.25) is 9.59 Å². The van der Waals surface area contributed by atoms with Crippen LogP contribution in [0, 0.1) is 0 Å². The maximum atomic E-state index is 13.8. The quantitative estimate of drug-likeness (QED) is 0.657. The fourth-order valence-corrected chi connectivity index (χ4v) is 5.97. The van der Waals surface area contributed by atoms with Gasteiger partial charge in [-0.2, -0.15) is 0 Å². The first kappa shape index (κ1) is 23.9. The third-order valence-electron chi connectivity index (χ3n) is 7.78. The van der Waals surface area contributed by atoms with Gasteiger partial charge in [0, 0.05) is 36.7 Å².